The Bertz CT molecular complexity index is 389. The van der Waals surface area contributed by atoms with E-state index in [9.17, 15) is 4.79 Å². The Morgan fingerprint density at radius 3 is 2.71 bits per heavy atom. The Hall–Kier alpha value is -1.55. The molecule has 1 aliphatic heterocycles. The maximum Gasteiger partial charge on any atom is 0.224 e. The van der Waals surface area contributed by atoms with Crippen LogP contribution in [-0.4, -0.2) is 30.5 Å². The molecule has 1 aromatic rings. The van der Waals surface area contributed by atoms with E-state index in [-0.39, 0.29) is 11.9 Å². The first kappa shape index (κ1) is 11.9. The molecule has 1 unspecified atom stereocenters. The smallest absolute Gasteiger partial charge is 0.224 e. The van der Waals surface area contributed by atoms with Crippen LogP contribution in [0.1, 0.15) is 18.4 Å². The minimum atomic E-state index is 0.0367. The van der Waals surface area contributed by atoms with Gasteiger partial charge in [0.1, 0.15) is 5.75 Å². The third kappa shape index (κ3) is 2.97. The molecule has 4 nitrogen and oxygen atoms in total. The number of benzene rings is 1. The van der Waals surface area contributed by atoms with Crippen molar-refractivity contribution in [3.05, 3.63) is 29.8 Å². The van der Waals surface area contributed by atoms with Crippen LogP contribution >= 0.6 is 0 Å². The number of methoxy groups -OCH3 is 1. The molecule has 1 aromatic carbocycles. The van der Waals surface area contributed by atoms with Crippen molar-refractivity contribution in [3.63, 3.8) is 0 Å². The van der Waals surface area contributed by atoms with Gasteiger partial charge in [0.05, 0.1) is 7.11 Å². The largest absolute Gasteiger partial charge is 0.497 e. The molecular formula is C13H18N2O2. The lowest BCUT2D eigenvalue weighted by Gasteiger charge is -2.30. The summed E-state index contributed by atoms with van der Waals surface area (Å²) in [5.74, 6) is 0.986. The highest BCUT2D eigenvalue weighted by atomic mass is 16.5. The van der Waals surface area contributed by atoms with Crippen LogP contribution in [0.5, 0.6) is 5.75 Å². The number of carbonyl (C=O) groups excluding carboxylic acids is 1. The third-order valence-electron chi connectivity index (χ3n) is 3.09. The highest BCUT2D eigenvalue weighted by Crippen LogP contribution is 2.16. The van der Waals surface area contributed by atoms with Crippen molar-refractivity contribution in [2.75, 3.05) is 13.7 Å². The molecule has 1 atom stereocenters. The van der Waals surface area contributed by atoms with Crippen LogP contribution in [0, 0.1) is 0 Å². The fourth-order valence-electron chi connectivity index (χ4n) is 2.02. The first-order valence-corrected chi connectivity index (χ1v) is 5.85. The van der Waals surface area contributed by atoms with Gasteiger partial charge >= 0.3 is 0 Å². The minimum absolute atomic E-state index is 0.0367. The normalized spacial score (nSPS) is 20.5. The van der Waals surface area contributed by atoms with Gasteiger partial charge < -0.3 is 15.4 Å². The van der Waals surface area contributed by atoms with Gasteiger partial charge in [-0.3, -0.25) is 4.79 Å². The van der Waals surface area contributed by atoms with Crippen LogP contribution in [0.2, 0.25) is 0 Å². The second-order valence-electron chi connectivity index (χ2n) is 4.42. The van der Waals surface area contributed by atoms with Gasteiger partial charge in [-0.05, 0) is 24.1 Å². The van der Waals surface area contributed by atoms with E-state index in [1.54, 1.807) is 7.11 Å². The zero-order valence-corrected chi connectivity index (χ0v) is 10.1. The summed E-state index contributed by atoms with van der Waals surface area (Å²) in [4.78, 5) is 13.6. The van der Waals surface area contributed by atoms with E-state index in [0.29, 0.717) is 13.0 Å². The molecule has 0 aromatic heterocycles. The van der Waals surface area contributed by atoms with Crippen LogP contribution < -0.4 is 10.5 Å². The van der Waals surface area contributed by atoms with Gasteiger partial charge in [0.2, 0.25) is 5.91 Å². The van der Waals surface area contributed by atoms with Crippen molar-refractivity contribution in [1.82, 2.24) is 4.90 Å². The maximum absolute atomic E-state index is 11.8. The predicted octanol–water partition coefficient (Wildman–Crippen LogP) is 1.14. The molecular weight excluding hydrogens is 216 g/mol. The summed E-state index contributed by atoms with van der Waals surface area (Å²) in [7, 11) is 1.64. The Morgan fingerprint density at radius 1 is 1.41 bits per heavy atom. The van der Waals surface area contributed by atoms with Gasteiger partial charge in [-0.25, -0.2) is 0 Å². The number of rotatable bonds is 3. The number of hydrogen-bond acceptors (Lipinski definition) is 3. The van der Waals surface area contributed by atoms with Crippen molar-refractivity contribution >= 4 is 5.91 Å². The lowest BCUT2D eigenvalue weighted by Crippen LogP contribution is -2.43. The summed E-state index contributed by atoms with van der Waals surface area (Å²) in [5.41, 5.74) is 6.87. The van der Waals surface area contributed by atoms with Crippen molar-refractivity contribution in [2.45, 2.75) is 25.4 Å². The van der Waals surface area contributed by atoms with E-state index in [0.717, 1.165) is 24.3 Å². The lowest BCUT2D eigenvalue weighted by atomic mass is 10.0. The Balaban J connectivity index is 1.98. The zero-order chi connectivity index (χ0) is 12.3. The number of amides is 1. The van der Waals surface area contributed by atoms with Crippen molar-refractivity contribution in [2.24, 2.45) is 5.73 Å². The van der Waals surface area contributed by atoms with E-state index >= 15 is 0 Å². The zero-order valence-electron chi connectivity index (χ0n) is 10.1. The maximum atomic E-state index is 11.8. The van der Waals surface area contributed by atoms with E-state index in [1.807, 2.05) is 29.2 Å². The fourth-order valence-corrected chi connectivity index (χ4v) is 2.02. The van der Waals surface area contributed by atoms with Gasteiger partial charge in [-0.2, -0.15) is 0 Å². The highest BCUT2D eigenvalue weighted by molar-refractivity contribution is 5.77. The van der Waals surface area contributed by atoms with Gasteiger partial charge in [-0.1, -0.05) is 12.1 Å². The number of nitrogens with two attached hydrogens (primary N) is 1. The molecule has 92 valence electrons. The Labute approximate surface area is 101 Å². The lowest BCUT2D eigenvalue weighted by molar-refractivity contribution is -0.134. The summed E-state index contributed by atoms with van der Waals surface area (Å²) in [5, 5.41) is 0. The summed E-state index contributed by atoms with van der Waals surface area (Å²) in [6, 6.07) is 7.83. The summed E-state index contributed by atoms with van der Waals surface area (Å²) in [6.07, 6.45) is 1.36. The molecule has 1 amide bonds. The molecule has 1 fully saturated rings. The molecule has 1 heterocycles. The van der Waals surface area contributed by atoms with E-state index < -0.39 is 0 Å². The van der Waals surface area contributed by atoms with Crippen LogP contribution in [0.3, 0.4) is 0 Å². The van der Waals surface area contributed by atoms with Crippen molar-refractivity contribution in [3.8, 4) is 5.75 Å². The van der Waals surface area contributed by atoms with Crippen molar-refractivity contribution in [1.29, 1.82) is 0 Å². The van der Waals surface area contributed by atoms with Crippen LogP contribution in [0.25, 0.3) is 0 Å². The average molecular weight is 234 g/mol. The third-order valence-corrected chi connectivity index (χ3v) is 3.09. The topological polar surface area (TPSA) is 55.6 Å². The molecule has 0 spiro atoms. The Kier molecular flexibility index (Phi) is 3.64. The molecule has 4 heteroatoms. The van der Waals surface area contributed by atoms with Crippen LogP contribution in [0.15, 0.2) is 24.3 Å². The first-order valence-electron chi connectivity index (χ1n) is 5.85. The van der Waals surface area contributed by atoms with E-state index in [1.165, 1.54) is 0 Å². The number of likely N-dealkylation sites (tertiary alicyclic amines) is 1. The summed E-state index contributed by atoms with van der Waals surface area (Å²) >= 11 is 0. The fraction of sp³-hybridized carbons (Fsp3) is 0.462. The standard InChI is InChI=1S/C13H18N2O2/c1-17-12-4-2-10(3-5-12)9-15-7-6-11(14)8-13(15)16/h2-5,11H,6-9,14H2,1H3. The minimum Gasteiger partial charge on any atom is -0.497 e. The van der Waals surface area contributed by atoms with Crippen molar-refractivity contribution < 1.29 is 9.53 Å². The van der Waals surface area contributed by atoms with Gasteiger partial charge in [0, 0.05) is 25.6 Å². The molecule has 17 heavy (non-hydrogen) atoms. The molecule has 1 aliphatic rings. The molecule has 0 saturated carbocycles. The average Bonchev–Trinajstić information content (AvgIpc) is 2.34. The molecule has 2 rings (SSSR count). The first-order chi connectivity index (χ1) is 8.19. The monoisotopic (exact) mass is 234 g/mol. The van der Waals surface area contributed by atoms with Crippen LogP contribution in [0.4, 0.5) is 0 Å². The summed E-state index contributed by atoms with van der Waals surface area (Å²) < 4.78 is 5.10. The summed E-state index contributed by atoms with van der Waals surface area (Å²) in [6.45, 7) is 1.42. The quantitative estimate of drug-likeness (QED) is 0.853. The number of nitrogens with zero attached hydrogens (tertiary/aromatic N) is 1. The molecule has 2 N–H and O–H groups in total. The number of ether oxygens (including phenoxy) is 1. The number of piperidine rings is 1. The van der Waals surface area contributed by atoms with E-state index in [2.05, 4.69) is 0 Å². The molecule has 1 saturated heterocycles. The number of hydrogen-bond donors (Lipinski definition) is 1. The SMILES string of the molecule is COc1ccc(CN2CCC(N)CC2=O)cc1. The highest BCUT2D eigenvalue weighted by Gasteiger charge is 2.23. The molecule has 0 radical (unpaired) electrons. The van der Waals surface area contributed by atoms with Gasteiger partial charge in [-0.15, -0.1) is 0 Å². The molecule has 0 bridgehead atoms. The van der Waals surface area contributed by atoms with Gasteiger partial charge in [0.15, 0.2) is 0 Å². The van der Waals surface area contributed by atoms with Crippen LogP contribution in [-0.2, 0) is 11.3 Å². The predicted molar refractivity (Wildman–Crippen MR) is 65.6 cm³/mol. The molecule has 0 aliphatic carbocycles. The number of carbonyl (C=O) groups is 1. The Morgan fingerprint density at radius 2 is 2.12 bits per heavy atom. The van der Waals surface area contributed by atoms with E-state index in [4.69, 9.17) is 10.5 Å². The second kappa shape index (κ2) is 5.19. The second-order valence-corrected chi connectivity index (χ2v) is 4.42. The van der Waals surface area contributed by atoms with Gasteiger partial charge in [0.25, 0.3) is 0 Å².